The van der Waals surface area contributed by atoms with E-state index in [1.807, 2.05) is 30.3 Å². The van der Waals surface area contributed by atoms with E-state index in [0.29, 0.717) is 6.42 Å². The lowest BCUT2D eigenvalue weighted by molar-refractivity contribution is -0.139. The third-order valence-electron chi connectivity index (χ3n) is 5.31. The van der Waals surface area contributed by atoms with E-state index in [1.165, 1.54) is 12.7 Å². The summed E-state index contributed by atoms with van der Waals surface area (Å²) >= 11 is 0. The molecule has 28 heavy (non-hydrogen) atoms. The lowest BCUT2D eigenvalue weighted by Gasteiger charge is -2.34. The SMILES string of the molecule is COC(=O)Cc1cccc(CCN2CCN(c3noc4ccccc34)CC2)c1. The maximum absolute atomic E-state index is 11.5. The van der Waals surface area contributed by atoms with Crippen LogP contribution in [0.15, 0.2) is 53.1 Å². The first kappa shape index (κ1) is 18.5. The summed E-state index contributed by atoms with van der Waals surface area (Å²) in [6.07, 6.45) is 1.30. The van der Waals surface area contributed by atoms with Crippen LogP contribution >= 0.6 is 0 Å². The topological polar surface area (TPSA) is 58.8 Å². The minimum absolute atomic E-state index is 0.200. The molecular weight excluding hydrogens is 354 g/mol. The number of fused-ring (bicyclic) bond motifs is 1. The Balaban J connectivity index is 1.30. The summed E-state index contributed by atoms with van der Waals surface area (Å²) in [5.41, 5.74) is 3.10. The summed E-state index contributed by atoms with van der Waals surface area (Å²) < 4.78 is 10.2. The van der Waals surface area contributed by atoms with Crippen LogP contribution in [0.3, 0.4) is 0 Å². The van der Waals surface area contributed by atoms with Crippen molar-refractivity contribution in [2.24, 2.45) is 0 Å². The van der Waals surface area contributed by atoms with Gasteiger partial charge in [0, 0.05) is 32.7 Å². The molecule has 2 aromatic carbocycles. The van der Waals surface area contributed by atoms with Crippen molar-refractivity contribution in [2.45, 2.75) is 12.8 Å². The molecule has 2 heterocycles. The van der Waals surface area contributed by atoms with Crippen LogP contribution in [0.5, 0.6) is 0 Å². The lowest BCUT2D eigenvalue weighted by Crippen LogP contribution is -2.47. The van der Waals surface area contributed by atoms with Crippen LogP contribution in [0.1, 0.15) is 11.1 Å². The van der Waals surface area contributed by atoms with Crippen molar-refractivity contribution >= 4 is 22.8 Å². The zero-order valence-corrected chi connectivity index (χ0v) is 16.1. The fourth-order valence-electron chi connectivity index (χ4n) is 3.71. The van der Waals surface area contributed by atoms with Gasteiger partial charge in [0.2, 0.25) is 0 Å². The molecule has 6 heteroatoms. The average molecular weight is 379 g/mol. The molecule has 0 saturated carbocycles. The number of ether oxygens (including phenoxy) is 1. The van der Waals surface area contributed by atoms with Crippen molar-refractivity contribution in [3.63, 3.8) is 0 Å². The van der Waals surface area contributed by atoms with E-state index in [-0.39, 0.29) is 5.97 Å². The van der Waals surface area contributed by atoms with Gasteiger partial charge in [0.15, 0.2) is 11.4 Å². The molecule has 4 rings (SSSR count). The molecule has 1 saturated heterocycles. The number of para-hydroxylation sites is 1. The van der Waals surface area contributed by atoms with Gasteiger partial charge in [0.25, 0.3) is 0 Å². The zero-order chi connectivity index (χ0) is 19.3. The van der Waals surface area contributed by atoms with Crippen LogP contribution in [-0.2, 0) is 22.4 Å². The van der Waals surface area contributed by atoms with Gasteiger partial charge in [-0.05, 0) is 29.7 Å². The number of aromatic nitrogens is 1. The van der Waals surface area contributed by atoms with Crippen molar-refractivity contribution in [1.82, 2.24) is 10.1 Å². The Morgan fingerprint density at radius 3 is 2.68 bits per heavy atom. The summed E-state index contributed by atoms with van der Waals surface area (Å²) in [6.45, 7) is 4.90. The van der Waals surface area contributed by atoms with Gasteiger partial charge in [-0.2, -0.15) is 0 Å². The number of carbonyl (C=O) groups is 1. The highest BCUT2D eigenvalue weighted by molar-refractivity contribution is 5.88. The minimum atomic E-state index is -0.200. The van der Waals surface area contributed by atoms with E-state index >= 15 is 0 Å². The van der Waals surface area contributed by atoms with Gasteiger partial charge in [-0.15, -0.1) is 0 Å². The number of methoxy groups -OCH3 is 1. The van der Waals surface area contributed by atoms with Crippen LogP contribution in [0.2, 0.25) is 0 Å². The van der Waals surface area contributed by atoms with E-state index in [0.717, 1.165) is 61.5 Å². The van der Waals surface area contributed by atoms with Crippen molar-refractivity contribution in [3.8, 4) is 0 Å². The fraction of sp³-hybridized carbons (Fsp3) is 0.364. The van der Waals surface area contributed by atoms with Gasteiger partial charge in [0.1, 0.15) is 0 Å². The maximum Gasteiger partial charge on any atom is 0.309 e. The Hall–Kier alpha value is -2.86. The standard InChI is InChI=1S/C22H25N3O3/c1-27-21(26)16-18-6-4-5-17(15-18)9-10-24-11-13-25(14-12-24)22-19-7-2-3-8-20(19)28-23-22/h2-8,15H,9-14,16H2,1H3. The number of anilines is 1. The highest BCUT2D eigenvalue weighted by atomic mass is 16.5. The largest absolute Gasteiger partial charge is 0.469 e. The molecule has 0 radical (unpaired) electrons. The molecule has 6 nitrogen and oxygen atoms in total. The second-order valence-electron chi connectivity index (χ2n) is 7.15. The normalized spacial score (nSPS) is 15.1. The van der Waals surface area contributed by atoms with Gasteiger partial charge in [-0.3, -0.25) is 9.69 Å². The molecule has 1 fully saturated rings. The lowest BCUT2D eigenvalue weighted by atomic mass is 10.1. The molecule has 1 aliphatic heterocycles. The Morgan fingerprint density at radius 2 is 1.86 bits per heavy atom. The summed E-state index contributed by atoms with van der Waals surface area (Å²) in [4.78, 5) is 16.2. The number of hydrogen-bond acceptors (Lipinski definition) is 6. The van der Waals surface area contributed by atoms with Crippen molar-refractivity contribution in [3.05, 3.63) is 59.7 Å². The summed E-state index contributed by atoms with van der Waals surface area (Å²) in [5, 5.41) is 5.35. The summed E-state index contributed by atoms with van der Waals surface area (Å²) in [6, 6.07) is 16.2. The number of esters is 1. The van der Waals surface area contributed by atoms with Crippen LogP contribution < -0.4 is 4.90 Å². The Morgan fingerprint density at radius 1 is 1.07 bits per heavy atom. The molecule has 3 aromatic rings. The van der Waals surface area contributed by atoms with Gasteiger partial charge in [-0.25, -0.2) is 0 Å². The molecule has 1 aromatic heterocycles. The molecule has 1 aliphatic rings. The summed E-state index contributed by atoms with van der Waals surface area (Å²) in [7, 11) is 1.42. The predicted molar refractivity (Wildman–Crippen MR) is 109 cm³/mol. The Labute approximate surface area is 164 Å². The van der Waals surface area contributed by atoms with Gasteiger partial charge in [-0.1, -0.05) is 41.6 Å². The highest BCUT2D eigenvalue weighted by Crippen LogP contribution is 2.26. The molecule has 0 unspecified atom stereocenters. The third-order valence-corrected chi connectivity index (χ3v) is 5.31. The van der Waals surface area contributed by atoms with Gasteiger partial charge < -0.3 is 14.2 Å². The molecular formula is C22H25N3O3. The zero-order valence-electron chi connectivity index (χ0n) is 16.1. The van der Waals surface area contributed by atoms with Crippen molar-refractivity contribution < 1.29 is 14.1 Å². The summed E-state index contributed by atoms with van der Waals surface area (Å²) in [5.74, 6) is 0.749. The van der Waals surface area contributed by atoms with Gasteiger partial charge in [0.05, 0.1) is 18.9 Å². The third kappa shape index (κ3) is 4.17. The first-order valence-corrected chi connectivity index (χ1v) is 9.69. The quantitative estimate of drug-likeness (QED) is 0.614. The number of piperazine rings is 1. The first-order valence-electron chi connectivity index (χ1n) is 9.69. The number of benzene rings is 2. The molecule has 0 aliphatic carbocycles. The number of nitrogens with zero attached hydrogens (tertiary/aromatic N) is 3. The highest BCUT2D eigenvalue weighted by Gasteiger charge is 2.21. The van der Waals surface area contributed by atoms with Gasteiger partial charge >= 0.3 is 5.97 Å². The van der Waals surface area contributed by atoms with Crippen LogP contribution in [0, 0.1) is 0 Å². The number of hydrogen-bond donors (Lipinski definition) is 0. The van der Waals surface area contributed by atoms with Crippen LogP contribution in [-0.4, -0.2) is 55.9 Å². The van der Waals surface area contributed by atoms with Crippen molar-refractivity contribution in [2.75, 3.05) is 44.7 Å². The second kappa shape index (κ2) is 8.44. The molecule has 146 valence electrons. The van der Waals surface area contributed by atoms with E-state index in [9.17, 15) is 4.79 Å². The monoisotopic (exact) mass is 379 g/mol. The average Bonchev–Trinajstić information content (AvgIpc) is 3.17. The Kier molecular flexibility index (Phi) is 5.58. The maximum atomic E-state index is 11.5. The smallest absolute Gasteiger partial charge is 0.309 e. The minimum Gasteiger partial charge on any atom is -0.469 e. The molecule has 0 bridgehead atoms. The van der Waals surface area contributed by atoms with E-state index < -0.39 is 0 Å². The van der Waals surface area contributed by atoms with Crippen LogP contribution in [0.4, 0.5) is 5.82 Å². The molecule has 0 amide bonds. The number of rotatable bonds is 6. The molecule has 0 spiro atoms. The molecule has 0 atom stereocenters. The van der Waals surface area contributed by atoms with Crippen molar-refractivity contribution in [1.29, 1.82) is 0 Å². The van der Waals surface area contributed by atoms with Crippen LogP contribution in [0.25, 0.3) is 11.0 Å². The predicted octanol–water partition coefficient (Wildman–Crippen LogP) is 2.91. The number of carbonyl (C=O) groups excluding carboxylic acids is 1. The molecule has 0 N–H and O–H groups in total. The van der Waals surface area contributed by atoms with E-state index in [2.05, 4.69) is 33.2 Å². The van der Waals surface area contributed by atoms with E-state index in [4.69, 9.17) is 9.26 Å². The van der Waals surface area contributed by atoms with E-state index in [1.54, 1.807) is 0 Å². The fourth-order valence-corrected chi connectivity index (χ4v) is 3.71. The first-order chi connectivity index (χ1) is 13.7. The Bertz CT molecular complexity index is 945. The second-order valence-corrected chi connectivity index (χ2v) is 7.15.